The van der Waals surface area contributed by atoms with Crippen LogP contribution in [0, 0.1) is 35.5 Å². The van der Waals surface area contributed by atoms with Crippen molar-refractivity contribution in [3.8, 4) is 0 Å². The second-order valence-corrected chi connectivity index (χ2v) is 7.51. The van der Waals surface area contributed by atoms with E-state index in [1.165, 1.54) is 38.5 Å². The van der Waals surface area contributed by atoms with Crippen LogP contribution in [0.25, 0.3) is 0 Å². The lowest BCUT2D eigenvalue weighted by Gasteiger charge is -2.39. The molecule has 2 aliphatic rings. The molecule has 0 aromatic carbocycles. The van der Waals surface area contributed by atoms with E-state index in [4.69, 9.17) is 0 Å². The van der Waals surface area contributed by atoms with Crippen molar-refractivity contribution in [1.82, 2.24) is 0 Å². The third kappa shape index (κ3) is 3.48. The number of hydrogen-bond acceptors (Lipinski definition) is 0. The molecule has 0 aromatic rings. The minimum Gasteiger partial charge on any atom is -0.0625 e. The van der Waals surface area contributed by atoms with E-state index >= 15 is 0 Å². The first-order valence-electron chi connectivity index (χ1n) is 8.06. The SMILES string of the molecule is CC1CCC(CC2CC(C)C(C)C(C)C2)CC1. The zero-order valence-corrected chi connectivity index (χ0v) is 12.4. The zero-order chi connectivity index (χ0) is 12.4. The molecule has 0 nitrogen and oxygen atoms in total. The van der Waals surface area contributed by atoms with Gasteiger partial charge in [-0.05, 0) is 54.8 Å². The number of rotatable bonds is 2. The van der Waals surface area contributed by atoms with Gasteiger partial charge in [-0.1, -0.05) is 53.4 Å². The highest BCUT2D eigenvalue weighted by atomic mass is 14.4. The summed E-state index contributed by atoms with van der Waals surface area (Å²) in [5.41, 5.74) is 0. The second-order valence-electron chi connectivity index (χ2n) is 7.51. The van der Waals surface area contributed by atoms with E-state index in [9.17, 15) is 0 Å². The zero-order valence-electron chi connectivity index (χ0n) is 12.4. The average Bonchev–Trinajstić information content (AvgIpc) is 2.29. The molecule has 0 aliphatic heterocycles. The summed E-state index contributed by atoms with van der Waals surface area (Å²) >= 11 is 0. The van der Waals surface area contributed by atoms with Crippen molar-refractivity contribution in [2.24, 2.45) is 35.5 Å². The Morgan fingerprint density at radius 3 is 1.76 bits per heavy atom. The summed E-state index contributed by atoms with van der Waals surface area (Å²) in [6.07, 6.45) is 10.6. The highest BCUT2D eigenvalue weighted by Gasteiger charge is 2.31. The van der Waals surface area contributed by atoms with Crippen molar-refractivity contribution in [1.29, 1.82) is 0 Å². The molecule has 0 N–H and O–H groups in total. The maximum absolute atomic E-state index is 2.48. The molecule has 0 saturated heterocycles. The van der Waals surface area contributed by atoms with E-state index in [2.05, 4.69) is 27.7 Å². The quantitative estimate of drug-likeness (QED) is 0.592. The predicted octanol–water partition coefficient (Wildman–Crippen LogP) is 5.52. The highest BCUT2D eigenvalue weighted by molar-refractivity contribution is 4.82. The summed E-state index contributed by atoms with van der Waals surface area (Å²) in [6.45, 7) is 9.86. The molecule has 0 spiro atoms. The van der Waals surface area contributed by atoms with Gasteiger partial charge in [0.1, 0.15) is 0 Å². The molecule has 2 rings (SSSR count). The number of hydrogen-bond donors (Lipinski definition) is 0. The molecule has 0 amide bonds. The van der Waals surface area contributed by atoms with Crippen molar-refractivity contribution < 1.29 is 0 Å². The topological polar surface area (TPSA) is 0 Å². The summed E-state index contributed by atoms with van der Waals surface area (Å²) in [7, 11) is 0. The van der Waals surface area contributed by atoms with Gasteiger partial charge in [-0.25, -0.2) is 0 Å². The summed E-state index contributed by atoms with van der Waals surface area (Å²) in [4.78, 5) is 0. The van der Waals surface area contributed by atoms with Crippen LogP contribution in [-0.2, 0) is 0 Å². The third-order valence-electron chi connectivity index (χ3n) is 6.01. The van der Waals surface area contributed by atoms with Gasteiger partial charge in [0.25, 0.3) is 0 Å². The summed E-state index contributed by atoms with van der Waals surface area (Å²) in [5.74, 6) is 6.02. The lowest BCUT2D eigenvalue weighted by Crippen LogP contribution is -2.29. The van der Waals surface area contributed by atoms with E-state index < -0.39 is 0 Å². The smallest absolute Gasteiger partial charge is 0.0391 e. The van der Waals surface area contributed by atoms with Crippen molar-refractivity contribution in [3.05, 3.63) is 0 Å². The Morgan fingerprint density at radius 2 is 1.24 bits per heavy atom. The monoisotopic (exact) mass is 236 g/mol. The van der Waals surface area contributed by atoms with E-state index in [1.807, 2.05) is 0 Å². The van der Waals surface area contributed by atoms with Gasteiger partial charge in [0, 0.05) is 0 Å². The van der Waals surface area contributed by atoms with Gasteiger partial charge in [0.15, 0.2) is 0 Å². The first-order chi connectivity index (χ1) is 8.06. The van der Waals surface area contributed by atoms with Gasteiger partial charge in [-0.15, -0.1) is 0 Å². The molecule has 0 aromatic heterocycles. The molecule has 0 heterocycles. The van der Waals surface area contributed by atoms with Crippen LogP contribution in [-0.4, -0.2) is 0 Å². The van der Waals surface area contributed by atoms with Crippen molar-refractivity contribution in [3.63, 3.8) is 0 Å². The van der Waals surface area contributed by atoms with Crippen LogP contribution in [0.5, 0.6) is 0 Å². The Kier molecular flexibility index (Phi) is 4.55. The van der Waals surface area contributed by atoms with Crippen LogP contribution in [0.1, 0.15) is 72.6 Å². The lowest BCUT2D eigenvalue weighted by molar-refractivity contribution is 0.114. The van der Waals surface area contributed by atoms with Gasteiger partial charge in [0.05, 0.1) is 0 Å². The van der Waals surface area contributed by atoms with Crippen LogP contribution in [0.3, 0.4) is 0 Å². The van der Waals surface area contributed by atoms with E-state index in [0.29, 0.717) is 0 Å². The van der Waals surface area contributed by atoms with Crippen LogP contribution in [0.2, 0.25) is 0 Å². The molecular formula is C17H32. The molecule has 0 bridgehead atoms. The van der Waals surface area contributed by atoms with Crippen molar-refractivity contribution >= 4 is 0 Å². The third-order valence-corrected chi connectivity index (χ3v) is 6.01. The van der Waals surface area contributed by atoms with Gasteiger partial charge >= 0.3 is 0 Å². The Hall–Kier alpha value is 0. The van der Waals surface area contributed by atoms with Gasteiger partial charge in [-0.2, -0.15) is 0 Å². The Bertz CT molecular complexity index is 212. The molecule has 2 fully saturated rings. The largest absolute Gasteiger partial charge is 0.0625 e. The molecule has 100 valence electrons. The lowest BCUT2D eigenvalue weighted by atomic mass is 9.66. The first-order valence-corrected chi connectivity index (χ1v) is 8.06. The Morgan fingerprint density at radius 1 is 0.706 bits per heavy atom. The molecule has 2 saturated carbocycles. The van der Waals surface area contributed by atoms with Crippen molar-refractivity contribution in [2.45, 2.75) is 72.6 Å². The standard InChI is InChI=1S/C17H32/c1-12-5-7-16(8-6-12)11-17-9-13(2)15(4)14(3)10-17/h12-17H,5-11H2,1-4H3. The molecule has 2 aliphatic carbocycles. The fraction of sp³-hybridized carbons (Fsp3) is 1.00. The van der Waals surface area contributed by atoms with E-state index in [-0.39, 0.29) is 0 Å². The summed E-state index contributed by atoms with van der Waals surface area (Å²) in [6, 6.07) is 0. The molecule has 17 heavy (non-hydrogen) atoms. The highest BCUT2D eigenvalue weighted by Crippen LogP contribution is 2.42. The van der Waals surface area contributed by atoms with E-state index in [1.54, 1.807) is 6.42 Å². The fourth-order valence-electron chi connectivity index (χ4n) is 4.37. The molecule has 2 atom stereocenters. The van der Waals surface area contributed by atoms with Crippen LogP contribution < -0.4 is 0 Å². The first kappa shape index (κ1) is 13.4. The average molecular weight is 236 g/mol. The molecule has 2 unspecified atom stereocenters. The van der Waals surface area contributed by atoms with Gasteiger partial charge in [0.2, 0.25) is 0 Å². The second kappa shape index (κ2) is 5.76. The molecule has 0 heteroatoms. The minimum atomic E-state index is 0.956. The normalized spacial score (nSPS) is 48.0. The fourth-order valence-corrected chi connectivity index (χ4v) is 4.37. The Balaban J connectivity index is 1.79. The van der Waals surface area contributed by atoms with E-state index in [0.717, 1.165) is 35.5 Å². The van der Waals surface area contributed by atoms with Crippen LogP contribution in [0.15, 0.2) is 0 Å². The summed E-state index contributed by atoms with van der Waals surface area (Å²) < 4.78 is 0. The molecule has 0 radical (unpaired) electrons. The maximum Gasteiger partial charge on any atom is -0.0391 e. The molecular weight excluding hydrogens is 204 g/mol. The Labute approximate surface area is 109 Å². The van der Waals surface area contributed by atoms with Crippen LogP contribution in [0.4, 0.5) is 0 Å². The minimum absolute atomic E-state index is 0.956. The predicted molar refractivity (Wildman–Crippen MR) is 76.0 cm³/mol. The van der Waals surface area contributed by atoms with Crippen molar-refractivity contribution in [2.75, 3.05) is 0 Å². The van der Waals surface area contributed by atoms with Gasteiger partial charge < -0.3 is 0 Å². The van der Waals surface area contributed by atoms with Crippen LogP contribution >= 0.6 is 0 Å². The summed E-state index contributed by atoms with van der Waals surface area (Å²) in [5, 5.41) is 0. The van der Waals surface area contributed by atoms with Gasteiger partial charge in [-0.3, -0.25) is 0 Å². The maximum atomic E-state index is 2.48.